The van der Waals surface area contributed by atoms with Gasteiger partial charge in [-0.3, -0.25) is 24.0 Å². The van der Waals surface area contributed by atoms with Crippen molar-refractivity contribution in [1.29, 1.82) is 0 Å². The molecule has 0 saturated heterocycles. The smallest absolute Gasteiger partial charge is 0.328 e. The highest BCUT2D eigenvalue weighted by Gasteiger charge is 2.37. The van der Waals surface area contributed by atoms with Crippen LogP contribution in [0.2, 0.25) is 0 Å². The fraction of sp³-hybridized carbons (Fsp3) is 0.800. The summed E-state index contributed by atoms with van der Waals surface area (Å²) < 4.78 is 0. The second-order valence-electron chi connectivity index (χ2n) is 12.8. The van der Waals surface area contributed by atoms with Crippen molar-refractivity contribution in [2.45, 2.75) is 136 Å². The van der Waals surface area contributed by atoms with E-state index in [1.165, 1.54) is 20.8 Å². The van der Waals surface area contributed by atoms with Crippen molar-refractivity contribution in [3.63, 3.8) is 0 Å². The minimum atomic E-state index is -1.67. The molecule has 10 atom stereocenters. The molecule has 5 amide bonds. The van der Waals surface area contributed by atoms with Crippen molar-refractivity contribution >= 4 is 35.5 Å². The number of aliphatic hydroxyl groups excluding tert-OH is 3. The van der Waals surface area contributed by atoms with E-state index in [1.807, 2.05) is 27.7 Å². The molecule has 0 heterocycles. The predicted octanol–water partition coefficient (Wildman–Crippen LogP) is -1.90. The Bertz CT molecular complexity index is 1040. The third-order valence-electron chi connectivity index (χ3n) is 7.37. The molecule has 0 aliphatic heterocycles. The lowest BCUT2D eigenvalue weighted by atomic mass is 9.96. The molecule has 0 spiro atoms. The zero-order chi connectivity index (χ0) is 36.0. The summed E-state index contributed by atoms with van der Waals surface area (Å²) in [5.41, 5.74) is 5.97. The van der Waals surface area contributed by atoms with E-state index in [0.29, 0.717) is 12.8 Å². The molecule has 0 aromatic heterocycles. The van der Waals surface area contributed by atoms with E-state index >= 15 is 0 Å². The molecule has 266 valence electrons. The van der Waals surface area contributed by atoms with Crippen molar-refractivity contribution in [2.24, 2.45) is 23.5 Å². The first-order valence-corrected chi connectivity index (χ1v) is 15.7. The van der Waals surface area contributed by atoms with Crippen molar-refractivity contribution in [2.75, 3.05) is 0 Å². The molecule has 0 rings (SSSR count). The highest BCUT2D eigenvalue weighted by atomic mass is 16.4. The second kappa shape index (κ2) is 20.0. The van der Waals surface area contributed by atoms with Gasteiger partial charge in [0, 0.05) is 0 Å². The fourth-order valence-corrected chi connectivity index (χ4v) is 4.48. The summed E-state index contributed by atoms with van der Waals surface area (Å²) in [6, 6.07) is -8.22. The van der Waals surface area contributed by atoms with Gasteiger partial charge >= 0.3 is 5.97 Å². The number of carbonyl (C=O) groups excluding carboxylic acids is 5. The number of carboxylic acids is 1. The summed E-state index contributed by atoms with van der Waals surface area (Å²) in [5.74, 6) is -6.25. The standard InChI is InChI=1S/C30H56N6O10/c1-10-15(6)21(27(42)36-24(18(9)39)30(45)46)33-28(43)23(17(8)38)35-29(44)22(16(7)37)34-26(41)20(12-14(4)5)32-25(40)19(31)11-13(2)3/h13-24,37-39H,10-12,31H2,1-9H3,(H,32,40)(H,33,43)(H,34,41)(H,35,44)(H,36,42)(H,45,46)/t15-,16+,17+,18+,19-,20-,21-,22-,23-,24-/m0/s1. The minimum absolute atomic E-state index is 0.0541. The number of aliphatic hydroxyl groups is 3. The zero-order valence-electron chi connectivity index (χ0n) is 28.4. The van der Waals surface area contributed by atoms with Gasteiger partial charge in [0.05, 0.1) is 24.4 Å². The van der Waals surface area contributed by atoms with E-state index in [-0.39, 0.29) is 18.3 Å². The Hall–Kier alpha value is -3.34. The lowest BCUT2D eigenvalue weighted by Crippen LogP contribution is -2.63. The zero-order valence-corrected chi connectivity index (χ0v) is 28.4. The number of hydrogen-bond acceptors (Lipinski definition) is 10. The normalized spacial score (nSPS) is 18.1. The summed E-state index contributed by atoms with van der Waals surface area (Å²) in [7, 11) is 0. The summed E-state index contributed by atoms with van der Waals surface area (Å²) in [6.07, 6.45) is -3.51. The molecule has 0 aliphatic rings. The van der Waals surface area contributed by atoms with Crippen LogP contribution >= 0.6 is 0 Å². The second-order valence-corrected chi connectivity index (χ2v) is 12.8. The fourth-order valence-electron chi connectivity index (χ4n) is 4.48. The first-order valence-electron chi connectivity index (χ1n) is 15.7. The SMILES string of the molecule is CC[C@H](C)[C@H](NC(=O)[C@@H](NC(=O)[C@@H](NC(=O)[C@H](CC(C)C)NC(=O)[C@@H](N)CC(C)C)[C@@H](C)O)[C@@H](C)O)C(=O)N[C@H](C(=O)O)[C@@H](C)O. The van der Waals surface area contributed by atoms with Gasteiger partial charge in [0.15, 0.2) is 6.04 Å². The third-order valence-corrected chi connectivity index (χ3v) is 7.37. The van der Waals surface area contributed by atoms with Gasteiger partial charge in [-0.1, -0.05) is 48.0 Å². The topological polar surface area (TPSA) is 270 Å². The highest BCUT2D eigenvalue weighted by Crippen LogP contribution is 2.12. The number of hydrogen-bond donors (Lipinski definition) is 10. The van der Waals surface area contributed by atoms with Crippen molar-refractivity contribution in [1.82, 2.24) is 26.6 Å². The minimum Gasteiger partial charge on any atom is -0.480 e. The summed E-state index contributed by atoms with van der Waals surface area (Å²) >= 11 is 0. The number of nitrogens with two attached hydrogens (primary N) is 1. The Kier molecular flexibility index (Phi) is 18.6. The van der Waals surface area contributed by atoms with E-state index in [1.54, 1.807) is 13.8 Å². The van der Waals surface area contributed by atoms with Gasteiger partial charge in [-0.05, 0) is 51.4 Å². The Morgan fingerprint density at radius 2 is 0.913 bits per heavy atom. The molecule has 46 heavy (non-hydrogen) atoms. The monoisotopic (exact) mass is 660 g/mol. The van der Waals surface area contributed by atoms with Crippen molar-refractivity contribution in [3.05, 3.63) is 0 Å². The van der Waals surface area contributed by atoms with Gasteiger partial charge in [0.25, 0.3) is 0 Å². The van der Waals surface area contributed by atoms with Crippen LogP contribution < -0.4 is 32.3 Å². The van der Waals surface area contributed by atoms with Gasteiger partial charge in [-0.25, -0.2) is 4.79 Å². The van der Waals surface area contributed by atoms with E-state index in [9.17, 15) is 49.2 Å². The molecule has 0 radical (unpaired) electrons. The van der Waals surface area contributed by atoms with E-state index < -0.39 is 96.0 Å². The van der Waals surface area contributed by atoms with Crippen LogP contribution in [0.4, 0.5) is 0 Å². The van der Waals surface area contributed by atoms with Gasteiger partial charge in [-0.2, -0.15) is 0 Å². The van der Waals surface area contributed by atoms with Crippen LogP contribution in [0.5, 0.6) is 0 Å². The average molecular weight is 661 g/mol. The van der Waals surface area contributed by atoms with Crippen LogP contribution in [0.3, 0.4) is 0 Å². The van der Waals surface area contributed by atoms with Crippen LogP contribution in [0.1, 0.15) is 81.6 Å². The maximum absolute atomic E-state index is 13.3. The van der Waals surface area contributed by atoms with Crippen molar-refractivity contribution < 1.29 is 49.2 Å². The van der Waals surface area contributed by atoms with E-state index in [4.69, 9.17) is 5.73 Å². The predicted molar refractivity (Wildman–Crippen MR) is 169 cm³/mol. The molecule has 0 aliphatic carbocycles. The number of carboxylic acid groups (broad SMARTS) is 1. The lowest BCUT2D eigenvalue weighted by Gasteiger charge is -2.30. The van der Waals surface area contributed by atoms with Gasteiger partial charge in [-0.15, -0.1) is 0 Å². The summed E-state index contributed by atoms with van der Waals surface area (Å²) in [4.78, 5) is 76.9. The Morgan fingerprint density at radius 3 is 1.28 bits per heavy atom. The molecular formula is C30H56N6O10. The lowest BCUT2D eigenvalue weighted by molar-refractivity contribution is -0.145. The molecule has 16 heteroatoms. The van der Waals surface area contributed by atoms with Gasteiger partial charge in [0.1, 0.15) is 24.2 Å². The largest absolute Gasteiger partial charge is 0.480 e. The number of nitrogens with one attached hydrogen (secondary N) is 5. The molecule has 0 bridgehead atoms. The van der Waals surface area contributed by atoms with Crippen molar-refractivity contribution in [3.8, 4) is 0 Å². The quantitative estimate of drug-likeness (QED) is 0.0689. The summed E-state index contributed by atoms with van der Waals surface area (Å²) in [5, 5.41) is 51.7. The number of carbonyl (C=O) groups is 6. The van der Waals surface area contributed by atoms with Gasteiger partial charge in [0.2, 0.25) is 29.5 Å². The average Bonchev–Trinajstić information content (AvgIpc) is 2.93. The van der Waals surface area contributed by atoms with E-state index in [0.717, 1.165) is 0 Å². The van der Waals surface area contributed by atoms with Crippen LogP contribution in [-0.2, 0) is 28.8 Å². The third kappa shape index (κ3) is 14.4. The highest BCUT2D eigenvalue weighted by molar-refractivity contribution is 5.96. The Labute approximate surface area is 271 Å². The first kappa shape index (κ1) is 42.7. The molecule has 16 nitrogen and oxygen atoms in total. The molecule has 11 N–H and O–H groups in total. The maximum atomic E-state index is 13.3. The number of rotatable bonds is 20. The molecule has 0 unspecified atom stereocenters. The maximum Gasteiger partial charge on any atom is 0.328 e. The Balaban J connectivity index is 5.97. The van der Waals surface area contributed by atoms with Crippen LogP contribution in [-0.4, -0.2) is 110 Å². The molecule has 0 saturated carbocycles. The van der Waals surface area contributed by atoms with Gasteiger partial charge < -0.3 is 52.7 Å². The van der Waals surface area contributed by atoms with Crippen LogP contribution in [0.15, 0.2) is 0 Å². The number of aliphatic carboxylic acids is 1. The van der Waals surface area contributed by atoms with E-state index in [2.05, 4.69) is 26.6 Å². The first-order chi connectivity index (χ1) is 21.1. The number of amides is 5. The Morgan fingerprint density at radius 1 is 0.543 bits per heavy atom. The molecule has 0 aromatic carbocycles. The molecule has 0 aromatic rings. The van der Waals surface area contributed by atoms with Crippen LogP contribution in [0.25, 0.3) is 0 Å². The summed E-state index contributed by atoms with van der Waals surface area (Å²) in [6.45, 7) is 14.4. The van der Waals surface area contributed by atoms with Crippen LogP contribution in [0, 0.1) is 17.8 Å². The molecule has 0 fully saturated rings. The molecular weight excluding hydrogens is 604 g/mol.